The van der Waals surface area contributed by atoms with Crippen LogP contribution in [0.4, 0.5) is 0 Å². The van der Waals surface area contributed by atoms with E-state index >= 15 is 0 Å². The second-order valence-corrected chi connectivity index (χ2v) is 4.75. The SMILES string of the molecule is COc1cc(OC)cc(OCCNC(=O)C2CNCCO2)c1. The number of ether oxygens (including phenoxy) is 4. The van der Waals surface area contributed by atoms with Gasteiger partial charge in [0.2, 0.25) is 0 Å². The van der Waals surface area contributed by atoms with Gasteiger partial charge in [-0.2, -0.15) is 0 Å². The first-order valence-electron chi connectivity index (χ1n) is 7.19. The summed E-state index contributed by atoms with van der Waals surface area (Å²) >= 11 is 0. The van der Waals surface area contributed by atoms with Gasteiger partial charge in [0.1, 0.15) is 30.0 Å². The van der Waals surface area contributed by atoms with Gasteiger partial charge in [0.05, 0.1) is 27.4 Å². The topological polar surface area (TPSA) is 78.0 Å². The van der Waals surface area contributed by atoms with E-state index < -0.39 is 6.10 Å². The number of hydrogen-bond acceptors (Lipinski definition) is 6. The minimum absolute atomic E-state index is 0.126. The minimum atomic E-state index is -0.425. The van der Waals surface area contributed by atoms with Crippen molar-refractivity contribution in [3.05, 3.63) is 18.2 Å². The van der Waals surface area contributed by atoms with Crippen LogP contribution in [0.3, 0.4) is 0 Å². The van der Waals surface area contributed by atoms with Crippen LogP contribution in [0.2, 0.25) is 0 Å². The third kappa shape index (κ3) is 4.78. The summed E-state index contributed by atoms with van der Waals surface area (Å²) < 4.78 is 21.3. The van der Waals surface area contributed by atoms with Crippen molar-refractivity contribution in [1.29, 1.82) is 0 Å². The molecule has 1 aromatic rings. The van der Waals surface area contributed by atoms with Gasteiger partial charge in [0.15, 0.2) is 0 Å². The van der Waals surface area contributed by atoms with E-state index in [1.165, 1.54) is 0 Å². The number of carbonyl (C=O) groups is 1. The van der Waals surface area contributed by atoms with Crippen molar-refractivity contribution in [3.63, 3.8) is 0 Å². The maximum atomic E-state index is 11.8. The summed E-state index contributed by atoms with van der Waals surface area (Å²) in [6.45, 7) is 2.63. The molecule has 7 nitrogen and oxygen atoms in total. The lowest BCUT2D eigenvalue weighted by molar-refractivity contribution is -0.134. The first-order chi connectivity index (χ1) is 10.7. The summed E-state index contributed by atoms with van der Waals surface area (Å²) in [6.07, 6.45) is -0.425. The standard InChI is InChI=1S/C15H22N2O5/c1-19-11-7-12(20-2)9-13(8-11)21-6-4-17-15(18)14-10-16-3-5-22-14/h7-9,14,16H,3-6,10H2,1-2H3,(H,17,18). The van der Waals surface area contributed by atoms with Crippen LogP contribution >= 0.6 is 0 Å². The highest BCUT2D eigenvalue weighted by Crippen LogP contribution is 2.27. The molecule has 1 fully saturated rings. The Hall–Kier alpha value is -1.99. The molecule has 122 valence electrons. The molecule has 0 aromatic heterocycles. The third-order valence-electron chi connectivity index (χ3n) is 3.22. The van der Waals surface area contributed by atoms with E-state index in [2.05, 4.69) is 10.6 Å². The summed E-state index contributed by atoms with van der Waals surface area (Å²) in [6, 6.07) is 5.29. The highest BCUT2D eigenvalue weighted by Gasteiger charge is 2.20. The Morgan fingerprint density at radius 3 is 2.55 bits per heavy atom. The van der Waals surface area contributed by atoms with Crippen molar-refractivity contribution >= 4 is 5.91 Å². The van der Waals surface area contributed by atoms with Gasteiger partial charge < -0.3 is 29.6 Å². The minimum Gasteiger partial charge on any atom is -0.496 e. The van der Waals surface area contributed by atoms with Crippen LogP contribution in [0.15, 0.2) is 18.2 Å². The van der Waals surface area contributed by atoms with E-state index in [0.717, 1.165) is 6.54 Å². The lowest BCUT2D eigenvalue weighted by Crippen LogP contribution is -2.48. The molecule has 2 N–H and O–H groups in total. The largest absolute Gasteiger partial charge is 0.496 e. The smallest absolute Gasteiger partial charge is 0.250 e. The van der Waals surface area contributed by atoms with Gasteiger partial charge in [-0.15, -0.1) is 0 Å². The van der Waals surface area contributed by atoms with Gasteiger partial charge in [0.25, 0.3) is 5.91 Å². The first kappa shape index (κ1) is 16.4. The summed E-state index contributed by atoms with van der Waals surface area (Å²) in [5.41, 5.74) is 0. The van der Waals surface area contributed by atoms with Crippen LogP contribution in [0.25, 0.3) is 0 Å². The van der Waals surface area contributed by atoms with Gasteiger partial charge >= 0.3 is 0 Å². The lowest BCUT2D eigenvalue weighted by Gasteiger charge is -2.22. The molecule has 1 aromatic carbocycles. The number of carbonyl (C=O) groups excluding carboxylic acids is 1. The molecular weight excluding hydrogens is 288 g/mol. The van der Waals surface area contributed by atoms with Crippen molar-refractivity contribution in [3.8, 4) is 17.2 Å². The number of methoxy groups -OCH3 is 2. The zero-order chi connectivity index (χ0) is 15.8. The maximum absolute atomic E-state index is 11.8. The second kappa shape index (κ2) is 8.45. The number of morpholine rings is 1. The van der Waals surface area contributed by atoms with E-state index in [9.17, 15) is 4.79 Å². The molecule has 0 spiro atoms. The lowest BCUT2D eigenvalue weighted by atomic mass is 10.3. The third-order valence-corrected chi connectivity index (χ3v) is 3.22. The molecule has 0 aliphatic carbocycles. The quantitative estimate of drug-likeness (QED) is 0.700. The Balaban J connectivity index is 1.75. The van der Waals surface area contributed by atoms with E-state index in [1.54, 1.807) is 32.4 Å². The Kier molecular flexibility index (Phi) is 6.29. The van der Waals surface area contributed by atoms with E-state index in [4.69, 9.17) is 18.9 Å². The molecule has 0 saturated carbocycles. The first-order valence-corrected chi connectivity index (χ1v) is 7.19. The average molecular weight is 310 g/mol. The van der Waals surface area contributed by atoms with Gasteiger partial charge in [-0.3, -0.25) is 4.79 Å². The average Bonchev–Trinajstić information content (AvgIpc) is 2.58. The monoisotopic (exact) mass is 310 g/mol. The predicted octanol–water partition coefficient (Wildman–Crippen LogP) is 0.187. The van der Waals surface area contributed by atoms with E-state index in [0.29, 0.717) is 43.6 Å². The van der Waals surface area contributed by atoms with Crippen molar-refractivity contribution in [2.45, 2.75) is 6.10 Å². The number of hydrogen-bond donors (Lipinski definition) is 2. The summed E-state index contributed by atoms with van der Waals surface area (Å²) in [7, 11) is 3.16. The second-order valence-electron chi connectivity index (χ2n) is 4.75. The number of nitrogens with one attached hydrogen (secondary N) is 2. The van der Waals surface area contributed by atoms with Crippen LogP contribution in [0.5, 0.6) is 17.2 Å². The van der Waals surface area contributed by atoms with Gasteiger partial charge in [-0.25, -0.2) is 0 Å². The number of amides is 1. The summed E-state index contributed by atoms with van der Waals surface area (Å²) in [5.74, 6) is 1.81. The predicted molar refractivity (Wildman–Crippen MR) is 80.7 cm³/mol. The molecule has 0 bridgehead atoms. The van der Waals surface area contributed by atoms with Gasteiger partial charge in [-0.1, -0.05) is 0 Å². The van der Waals surface area contributed by atoms with Crippen molar-refractivity contribution < 1.29 is 23.7 Å². The highest BCUT2D eigenvalue weighted by atomic mass is 16.5. The van der Waals surface area contributed by atoms with E-state index in [1.807, 2.05) is 0 Å². The van der Waals surface area contributed by atoms with Crippen LogP contribution in [-0.4, -0.2) is 59.1 Å². The summed E-state index contributed by atoms with van der Waals surface area (Å²) in [5, 5.41) is 5.90. The maximum Gasteiger partial charge on any atom is 0.250 e. The fraction of sp³-hybridized carbons (Fsp3) is 0.533. The molecule has 1 heterocycles. The Labute approximate surface area is 129 Å². The molecular formula is C15H22N2O5. The molecule has 1 unspecified atom stereocenters. The van der Waals surface area contributed by atoms with Crippen molar-refractivity contribution in [2.75, 3.05) is 47.1 Å². The Morgan fingerprint density at radius 1 is 1.27 bits per heavy atom. The van der Waals surface area contributed by atoms with Crippen LogP contribution < -0.4 is 24.8 Å². The molecule has 1 aliphatic heterocycles. The highest BCUT2D eigenvalue weighted by molar-refractivity contribution is 5.81. The van der Waals surface area contributed by atoms with E-state index in [-0.39, 0.29) is 5.91 Å². The molecule has 7 heteroatoms. The Morgan fingerprint density at radius 2 is 1.95 bits per heavy atom. The molecule has 0 radical (unpaired) electrons. The normalized spacial score (nSPS) is 17.6. The van der Waals surface area contributed by atoms with Gasteiger partial charge in [-0.05, 0) is 0 Å². The van der Waals surface area contributed by atoms with Gasteiger partial charge in [0, 0.05) is 31.3 Å². The van der Waals surface area contributed by atoms with Crippen LogP contribution in [0.1, 0.15) is 0 Å². The Bertz CT molecular complexity index is 467. The molecule has 1 saturated heterocycles. The zero-order valence-corrected chi connectivity index (χ0v) is 12.9. The zero-order valence-electron chi connectivity index (χ0n) is 12.9. The number of benzene rings is 1. The molecule has 1 amide bonds. The molecule has 1 aliphatic rings. The molecule has 2 rings (SSSR count). The number of rotatable bonds is 7. The summed E-state index contributed by atoms with van der Waals surface area (Å²) in [4.78, 5) is 11.8. The van der Waals surface area contributed by atoms with Crippen molar-refractivity contribution in [1.82, 2.24) is 10.6 Å². The van der Waals surface area contributed by atoms with Crippen molar-refractivity contribution in [2.24, 2.45) is 0 Å². The van der Waals surface area contributed by atoms with Crippen LogP contribution in [0, 0.1) is 0 Å². The van der Waals surface area contributed by atoms with Crippen LogP contribution in [-0.2, 0) is 9.53 Å². The fourth-order valence-corrected chi connectivity index (χ4v) is 2.06. The molecule has 22 heavy (non-hydrogen) atoms. The fourth-order valence-electron chi connectivity index (χ4n) is 2.06. The molecule has 1 atom stereocenters.